The molecule has 0 bridgehead atoms. The molecule has 3 aromatic carbocycles. The highest BCUT2D eigenvalue weighted by molar-refractivity contribution is 6.23. The highest BCUT2D eigenvalue weighted by atomic mass is 16.5. The Balaban J connectivity index is 0.875. The van der Waals surface area contributed by atoms with Gasteiger partial charge in [0.1, 0.15) is 11.8 Å². The Morgan fingerprint density at radius 1 is 0.983 bits per heavy atom. The van der Waals surface area contributed by atoms with Crippen LogP contribution in [0.4, 0.5) is 23.1 Å². The SMILES string of the molecule is Cc1cccc(C)c1Nc1nn(C)c2nc(Nc3ccc4c(c3)CN(CC3(C(Oc5ccc6c(c5)C(=O)N(C5CCC(=O)NC5=O)C6=O)C(N)=O)CC3)CC4)ncc12. The number of piperidine rings is 1. The number of aromatic nitrogens is 4. The van der Waals surface area contributed by atoms with E-state index in [9.17, 15) is 24.0 Å². The molecule has 1 aliphatic carbocycles. The highest BCUT2D eigenvalue weighted by Gasteiger charge is 2.55. The van der Waals surface area contributed by atoms with Crippen LogP contribution in [0.3, 0.4) is 0 Å². The number of aryl methyl sites for hydroxylation is 3. The van der Waals surface area contributed by atoms with Crippen LogP contribution in [0, 0.1) is 19.3 Å². The van der Waals surface area contributed by atoms with E-state index in [-0.39, 0.29) is 29.7 Å². The van der Waals surface area contributed by atoms with Crippen molar-refractivity contribution in [2.45, 2.75) is 64.6 Å². The summed E-state index contributed by atoms with van der Waals surface area (Å²) in [4.78, 5) is 76.4. The number of anilines is 4. The van der Waals surface area contributed by atoms with Crippen LogP contribution in [-0.4, -0.2) is 84.3 Å². The molecule has 2 atom stereocenters. The van der Waals surface area contributed by atoms with Crippen LogP contribution in [0.1, 0.15) is 68.7 Å². The van der Waals surface area contributed by atoms with E-state index >= 15 is 0 Å². The Hall–Kier alpha value is -6.68. The van der Waals surface area contributed by atoms with Gasteiger partial charge in [0.2, 0.25) is 17.8 Å². The lowest BCUT2D eigenvalue weighted by atomic mass is 9.94. The molecule has 0 spiro atoms. The van der Waals surface area contributed by atoms with E-state index in [2.05, 4.69) is 69.0 Å². The van der Waals surface area contributed by atoms with Crippen LogP contribution in [0.2, 0.25) is 0 Å². The molecule has 16 nitrogen and oxygen atoms in total. The summed E-state index contributed by atoms with van der Waals surface area (Å²) in [6.07, 6.45) is 3.15. The quantitative estimate of drug-likeness (QED) is 0.141. The normalized spacial score (nSPS) is 19.1. The molecule has 5 N–H and O–H groups in total. The fourth-order valence-electron chi connectivity index (χ4n) is 8.53. The van der Waals surface area contributed by atoms with Crippen molar-refractivity contribution >= 4 is 63.7 Å². The first-order chi connectivity index (χ1) is 27.9. The molecule has 1 saturated heterocycles. The van der Waals surface area contributed by atoms with Gasteiger partial charge < -0.3 is 21.1 Å². The number of amides is 5. The van der Waals surface area contributed by atoms with E-state index in [1.165, 1.54) is 23.8 Å². The number of carbonyl (C=O) groups excluding carboxylic acids is 5. The summed E-state index contributed by atoms with van der Waals surface area (Å²) in [6, 6.07) is 15.7. The minimum absolute atomic E-state index is 0.0220. The number of para-hydroxylation sites is 1. The molecular formula is C42H42N10O6. The number of rotatable bonds is 11. The summed E-state index contributed by atoms with van der Waals surface area (Å²) < 4.78 is 8.00. The van der Waals surface area contributed by atoms with E-state index in [0.717, 1.165) is 64.2 Å². The van der Waals surface area contributed by atoms with Crippen molar-refractivity contribution in [3.05, 3.63) is 94.2 Å². The van der Waals surface area contributed by atoms with Gasteiger partial charge in [0.25, 0.3) is 17.7 Å². The Kier molecular flexibility index (Phi) is 8.95. The predicted molar refractivity (Wildman–Crippen MR) is 213 cm³/mol. The molecular weight excluding hydrogens is 741 g/mol. The zero-order chi connectivity index (χ0) is 40.5. The molecule has 9 rings (SSSR count). The van der Waals surface area contributed by atoms with Crippen LogP contribution < -0.4 is 26.4 Å². The van der Waals surface area contributed by atoms with Gasteiger partial charge in [-0.3, -0.25) is 39.1 Å². The molecule has 1 saturated carbocycles. The number of primary amides is 1. The zero-order valence-corrected chi connectivity index (χ0v) is 32.3. The van der Waals surface area contributed by atoms with Gasteiger partial charge in [-0.15, -0.1) is 0 Å². The highest BCUT2D eigenvalue weighted by Crippen LogP contribution is 2.51. The van der Waals surface area contributed by atoms with Gasteiger partial charge >= 0.3 is 0 Å². The molecule has 5 aromatic rings. The molecule has 5 heterocycles. The van der Waals surface area contributed by atoms with Gasteiger partial charge in [-0.1, -0.05) is 24.3 Å². The Bertz CT molecular complexity index is 2560. The molecule has 0 radical (unpaired) electrons. The fraction of sp³-hybridized carbons (Fsp3) is 0.333. The second kappa shape index (κ2) is 14.1. The third-order valence-electron chi connectivity index (χ3n) is 11.8. The summed E-state index contributed by atoms with van der Waals surface area (Å²) >= 11 is 0. The number of fused-ring (bicyclic) bond motifs is 3. The van der Waals surface area contributed by atoms with Crippen LogP contribution in [0.5, 0.6) is 5.75 Å². The fourth-order valence-corrected chi connectivity index (χ4v) is 8.53. The van der Waals surface area contributed by atoms with Crippen LogP contribution >= 0.6 is 0 Å². The van der Waals surface area contributed by atoms with Crippen molar-refractivity contribution < 1.29 is 28.7 Å². The van der Waals surface area contributed by atoms with Crippen LogP contribution in [-0.2, 0) is 34.4 Å². The summed E-state index contributed by atoms with van der Waals surface area (Å²) in [6.45, 7) is 6.13. The van der Waals surface area contributed by atoms with Gasteiger partial charge in [-0.2, -0.15) is 10.1 Å². The lowest BCUT2D eigenvalue weighted by Crippen LogP contribution is -2.54. The largest absolute Gasteiger partial charge is 0.480 e. The van der Waals surface area contributed by atoms with Gasteiger partial charge in [0, 0.05) is 56.1 Å². The number of hydrogen-bond donors (Lipinski definition) is 4. The van der Waals surface area contributed by atoms with Crippen molar-refractivity contribution in [2.24, 2.45) is 18.2 Å². The minimum Gasteiger partial charge on any atom is -0.480 e. The van der Waals surface area contributed by atoms with Gasteiger partial charge in [0.05, 0.1) is 16.5 Å². The first-order valence-corrected chi connectivity index (χ1v) is 19.3. The van der Waals surface area contributed by atoms with Gasteiger partial charge in [-0.05, 0) is 92.1 Å². The van der Waals surface area contributed by atoms with Crippen LogP contribution in [0.15, 0.2) is 60.8 Å². The van der Waals surface area contributed by atoms with E-state index in [4.69, 9.17) is 15.5 Å². The Morgan fingerprint density at radius 3 is 2.50 bits per heavy atom. The van der Waals surface area contributed by atoms with Crippen molar-refractivity contribution in [3.8, 4) is 5.75 Å². The summed E-state index contributed by atoms with van der Waals surface area (Å²) in [5.41, 5.74) is 12.8. The topological polar surface area (TPSA) is 207 Å². The third-order valence-corrected chi connectivity index (χ3v) is 11.8. The lowest BCUT2D eigenvalue weighted by Gasteiger charge is -2.34. The molecule has 5 amide bonds. The number of imide groups is 2. The first kappa shape index (κ1) is 36.9. The van der Waals surface area contributed by atoms with Crippen molar-refractivity contribution in [1.82, 2.24) is 34.9 Å². The maximum atomic E-state index is 13.4. The summed E-state index contributed by atoms with van der Waals surface area (Å²) in [5, 5.41) is 14.5. The van der Waals surface area contributed by atoms with Crippen LogP contribution in [0.25, 0.3) is 11.0 Å². The monoisotopic (exact) mass is 782 g/mol. The predicted octanol–water partition coefficient (Wildman–Crippen LogP) is 3.94. The molecule has 58 heavy (non-hydrogen) atoms. The van der Waals surface area contributed by atoms with Gasteiger partial charge in [0.15, 0.2) is 17.6 Å². The van der Waals surface area contributed by atoms with Crippen molar-refractivity contribution in [1.29, 1.82) is 0 Å². The number of ether oxygens (including phenoxy) is 1. The average molecular weight is 783 g/mol. The average Bonchev–Trinajstić information content (AvgIpc) is 3.84. The number of nitrogens with one attached hydrogen (secondary N) is 3. The van der Waals surface area contributed by atoms with E-state index in [1.54, 1.807) is 10.9 Å². The molecule has 2 aromatic heterocycles. The summed E-state index contributed by atoms with van der Waals surface area (Å²) in [7, 11) is 1.86. The maximum Gasteiger partial charge on any atom is 0.262 e. The molecule has 296 valence electrons. The van der Waals surface area contributed by atoms with Crippen molar-refractivity contribution in [2.75, 3.05) is 23.7 Å². The first-order valence-electron chi connectivity index (χ1n) is 19.3. The number of nitrogens with zero attached hydrogens (tertiary/aromatic N) is 6. The molecule has 2 fully saturated rings. The molecule has 2 unspecified atom stereocenters. The third kappa shape index (κ3) is 6.58. The minimum atomic E-state index is -1.08. The number of benzene rings is 3. The molecule has 16 heteroatoms. The molecule has 4 aliphatic rings. The second-order valence-corrected chi connectivity index (χ2v) is 15.8. The zero-order valence-electron chi connectivity index (χ0n) is 32.3. The summed E-state index contributed by atoms with van der Waals surface area (Å²) in [5.74, 6) is -1.67. The second-order valence-electron chi connectivity index (χ2n) is 15.8. The van der Waals surface area contributed by atoms with E-state index in [1.807, 2.05) is 19.2 Å². The molecule has 3 aliphatic heterocycles. The lowest BCUT2D eigenvalue weighted by molar-refractivity contribution is -0.136. The van der Waals surface area contributed by atoms with Crippen molar-refractivity contribution in [3.63, 3.8) is 0 Å². The number of carbonyl (C=O) groups is 5. The van der Waals surface area contributed by atoms with E-state index in [0.29, 0.717) is 30.5 Å². The number of nitrogens with two attached hydrogens (primary N) is 1. The standard InChI is InChI=1S/C42H42N10O6/c1-22-5-4-6-23(2)33(22)47-36-30-19-44-41(48-37(30)50(3)49-36)45-26-8-7-24-13-16-51(20-25(24)17-26)21-42(14-15-42)34(35(43)54)58-27-9-10-28-29(18-27)40(57)52(39(28)56)31-11-12-32(53)46-38(31)55/h4-10,17-19,31,34H,11-16,20-21H2,1-3H3,(H2,43,54)(H,47,49)(H,44,45,48)(H,46,53,55). The Morgan fingerprint density at radius 2 is 1.76 bits per heavy atom. The number of hydrogen-bond acceptors (Lipinski definition) is 12. The van der Waals surface area contributed by atoms with Gasteiger partial charge in [-0.25, -0.2) is 9.67 Å². The Labute approximate surface area is 333 Å². The maximum absolute atomic E-state index is 13.4. The van der Waals surface area contributed by atoms with E-state index < -0.39 is 47.1 Å². The smallest absolute Gasteiger partial charge is 0.262 e.